The molecule has 2 heterocycles. The van der Waals surface area contributed by atoms with Crippen LogP contribution >= 0.6 is 0 Å². The third-order valence-electron chi connectivity index (χ3n) is 3.84. The molecular weight excluding hydrogens is 296 g/mol. The van der Waals surface area contributed by atoms with Crippen molar-refractivity contribution in [3.63, 3.8) is 0 Å². The summed E-state index contributed by atoms with van der Waals surface area (Å²) in [6.45, 7) is 5.74. The van der Waals surface area contributed by atoms with Crippen LogP contribution in [0, 0.1) is 5.92 Å². The zero-order valence-electron chi connectivity index (χ0n) is 13.6. The van der Waals surface area contributed by atoms with Crippen LogP contribution in [-0.4, -0.2) is 38.3 Å². The van der Waals surface area contributed by atoms with Gasteiger partial charge in [0.15, 0.2) is 0 Å². The summed E-state index contributed by atoms with van der Waals surface area (Å²) in [4.78, 5) is 20.1. The second kappa shape index (κ2) is 7.32. The lowest BCUT2D eigenvalue weighted by atomic mass is 9.92. The Hall–Kier alpha value is -2.28. The summed E-state index contributed by atoms with van der Waals surface area (Å²) in [6, 6.07) is 3.63. The van der Waals surface area contributed by atoms with Crippen molar-refractivity contribution in [2.24, 2.45) is 5.92 Å². The zero-order chi connectivity index (χ0) is 16.9. The number of rotatable bonds is 7. The molecule has 0 saturated heterocycles. The normalized spacial score (nSPS) is 13.8. The number of aromatic nitrogens is 3. The van der Waals surface area contributed by atoms with Crippen LogP contribution in [0.2, 0.25) is 0 Å². The first-order chi connectivity index (χ1) is 10.9. The Bertz CT molecular complexity index is 638. The van der Waals surface area contributed by atoms with Crippen molar-refractivity contribution in [3.05, 3.63) is 30.4 Å². The standard InChI is InChI=1S/C16H22N4O3/c1-11(2)16(3,22)10-18-13(21)6-7-14-19-15(20-23-14)12-5-4-8-17-9-12/h4-5,8-9,11,22H,6-7,10H2,1-3H3,(H,18,21). The molecule has 0 aliphatic rings. The molecule has 0 bridgehead atoms. The van der Waals surface area contributed by atoms with Crippen LogP contribution in [0.1, 0.15) is 33.1 Å². The van der Waals surface area contributed by atoms with Crippen molar-refractivity contribution in [2.75, 3.05) is 6.54 Å². The Kier molecular flexibility index (Phi) is 5.44. The van der Waals surface area contributed by atoms with Gasteiger partial charge in [0, 0.05) is 37.3 Å². The Labute approximate surface area is 135 Å². The van der Waals surface area contributed by atoms with Crippen molar-refractivity contribution in [3.8, 4) is 11.4 Å². The van der Waals surface area contributed by atoms with Gasteiger partial charge < -0.3 is 14.9 Å². The van der Waals surface area contributed by atoms with Crippen molar-refractivity contribution in [1.82, 2.24) is 20.4 Å². The molecule has 7 heteroatoms. The average molecular weight is 318 g/mol. The van der Waals surface area contributed by atoms with E-state index in [1.165, 1.54) is 0 Å². The SMILES string of the molecule is CC(C)C(C)(O)CNC(=O)CCc1nc(-c2cccnc2)no1. The van der Waals surface area contributed by atoms with E-state index >= 15 is 0 Å². The van der Waals surface area contributed by atoms with E-state index < -0.39 is 5.60 Å². The molecule has 0 aliphatic carbocycles. The molecule has 1 atom stereocenters. The maximum atomic E-state index is 11.8. The second-order valence-electron chi connectivity index (χ2n) is 6.04. The minimum Gasteiger partial charge on any atom is -0.388 e. The van der Waals surface area contributed by atoms with Gasteiger partial charge in [0.05, 0.1) is 5.60 Å². The molecule has 2 rings (SSSR count). The molecule has 2 N–H and O–H groups in total. The van der Waals surface area contributed by atoms with Gasteiger partial charge in [0.25, 0.3) is 0 Å². The van der Waals surface area contributed by atoms with Crippen molar-refractivity contribution < 1.29 is 14.4 Å². The molecule has 0 aromatic carbocycles. The van der Waals surface area contributed by atoms with E-state index in [1.807, 2.05) is 19.9 Å². The molecule has 7 nitrogen and oxygen atoms in total. The quantitative estimate of drug-likeness (QED) is 0.804. The highest BCUT2D eigenvalue weighted by atomic mass is 16.5. The molecule has 0 saturated carbocycles. The lowest BCUT2D eigenvalue weighted by Gasteiger charge is -2.27. The maximum absolute atomic E-state index is 11.8. The summed E-state index contributed by atoms with van der Waals surface area (Å²) < 4.78 is 5.13. The monoisotopic (exact) mass is 318 g/mol. The molecule has 1 unspecified atom stereocenters. The molecule has 0 spiro atoms. The minimum atomic E-state index is -0.923. The second-order valence-corrected chi connectivity index (χ2v) is 6.04. The minimum absolute atomic E-state index is 0.0563. The Morgan fingerprint density at radius 1 is 1.48 bits per heavy atom. The van der Waals surface area contributed by atoms with E-state index in [0.29, 0.717) is 18.1 Å². The van der Waals surface area contributed by atoms with Crippen LogP contribution in [0.25, 0.3) is 11.4 Å². The summed E-state index contributed by atoms with van der Waals surface area (Å²) in [5.41, 5.74) is -0.159. The van der Waals surface area contributed by atoms with Crippen molar-refractivity contribution in [1.29, 1.82) is 0 Å². The summed E-state index contributed by atoms with van der Waals surface area (Å²) in [7, 11) is 0. The summed E-state index contributed by atoms with van der Waals surface area (Å²) in [5.74, 6) is 0.749. The van der Waals surface area contributed by atoms with Gasteiger partial charge in [-0.3, -0.25) is 9.78 Å². The predicted octanol–water partition coefficient (Wildman–Crippen LogP) is 1.59. The lowest BCUT2D eigenvalue weighted by Crippen LogP contribution is -2.44. The Morgan fingerprint density at radius 3 is 2.91 bits per heavy atom. The van der Waals surface area contributed by atoms with Crippen molar-refractivity contribution in [2.45, 2.75) is 39.2 Å². The highest BCUT2D eigenvalue weighted by molar-refractivity contribution is 5.76. The van der Waals surface area contributed by atoms with Crippen LogP contribution in [0.15, 0.2) is 29.0 Å². The number of hydrogen-bond acceptors (Lipinski definition) is 6. The lowest BCUT2D eigenvalue weighted by molar-refractivity contribution is -0.122. The van der Waals surface area contributed by atoms with Gasteiger partial charge in [-0.1, -0.05) is 19.0 Å². The first kappa shape index (κ1) is 17.1. The highest BCUT2D eigenvalue weighted by Crippen LogP contribution is 2.15. The fourth-order valence-corrected chi connectivity index (χ4v) is 1.76. The van der Waals surface area contributed by atoms with E-state index in [1.54, 1.807) is 25.4 Å². The first-order valence-corrected chi connectivity index (χ1v) is 7.60. The number of amides is 1. The van der Waals surface area contributed by atoms with E-state index in [2.05, 4.69) is 20.4 Å². The molecule has 23 heavy (non-hydrogen) atoms. The number of nitrogens with zero attached hydrogens (tertiary/aromatic N) is 3. The molecular formula is C16H22N4O3. The number of aryl methyl sites for hydroxylation is 1. The van der Waals surface area contributed by atoms with Gasteiger partial charge in [0.2, 0.25) is 17.6 Å². The van der Waals surface area contributed by atoms with Gasteiger partial charge >= 0.3 is 0 Å². The van der Waals surface area contributed by atoms with E-state index in [0.717, 1.165) is 5.56 Å². The Morgan fingerprint density at radius 2 is 2.26 bits per heavy atom. The summed E-state index contributed by atoms with van der Waals surface area (Å²) in [6.07, 6.45) is 3.89. The van der Waals surface area contributed by atoms with Gasteiger partial charge in [-0.15, -0.1) is 0 Å². The molecule has 2 aromatic rings. The summed E-state index contributed by atoms with van der Waals surface area (Å²) >= 11 is 0. The molecule has 0 fully saturated rings. The number of carbonyl (C=O) groups is 1. The number of carbonyl (C=O) groups excluding carboxylic acids is 1. The number of aliphatic hydroxyl groups is 1. The number of hydrogen-bond donors (Lipinski definition) is 2. The van der Waals surface area contributed by atoms with Crippen LogP contribution < -0.4 is 5.32 Å². The molecule has 0 radical (unpaired) electrons. The van der Waals surface area contributed by atoms with Crippen LogP contribution in [0.5, 0.6) is 0 Å². The zero-order valence-corrected chi connectivity index (χ0v) is 13.6. The van der Waals surface area contributed by atoms with Gasteiger partial charge in [0.1, 0.15) is 0 Å². The summed E-state index contributed by atoms with van der Waals surface area (Å²) in [5, 5.41) is 16.7. The largest absolute Gasteiger partial charge is 0.388 e. The van der Waals surface area contributed by atoms with Crippen molar-refractivity contribution >= 4 is 5.91 Å². The number of nitrogens with one attached hydrogen (secondary N) is 1. The van der Waals surface area contributed by atoms with Crippen LogP contribution in [-0.2, 0) is 11.2 Å². The Balaban J connectivity index is 1.82. The fraction of sp³-hybridized carbons (Fsp3) is 0.500. The fourth-order valence-electron chi connectivity index (χ4n) is 1.76. The van der Waals surface area contributed by atoms with E-state index in [9.17, 15) is 9.90 Å². The highest BCUT2D eigenvalue weighted by Gasteiger charge is 2.25. The smallest absolute Gasteiger partial charge is 0.227 e. The molecule has 1 amide bonds. The molecule has 0 aliphatic heterocycles. The van der Waals surface area contributed by atoms with Gasteiger partial charge in [-0.25, -0.2) is 0 Å². The predicted molar refractivity (Wildman–Crippen MR) is 84.3 cm³/mol. The first-order valence-electron chi connectivity index (χ1n) is 7.60. The van der Waals surface area contributed by atoms with E-state index in [-0.39, 0.29) is 24.8 Å². The third-order valence-corrected chi connectivity index (χ3v) is 3.84. The molecule has 124 valence electrons. The van der Waals surface area contributed by atoms with Gasteiger partial charge in [-0.05, 0) is 25.0 Å². The third kappa shape index (κ3) is 4.85. The molecule has 2 aromatic heterocycles. The van der Waals surface area contributed by atoms with E-state index in [4.69, 9.17) is 4.52 Å². The van der Waals surface area contributed by atoms with Crippen LogP contribution in [0.4, 0.5) is 0 Å². The maximum Gasteiger partial charge on any atom is 0.227 e. The van der Waals surface area contributed by atoms with Crippen LogP contribution in [0.3, 0.4) is 0 Å². The topological polar surface area (TPSA) is 101 Å². The van der Waals surface area contributed by atoms with Gasteiger partial charge in [-0.2, -0.15) is 4.98 Å². The average Bonchev–Trinajstić information content (AvgIpc) is 3.01. The number of pyridine rings is 1.